The van der Waals surface area contributed by atoms with Crippen LogP contribution in [0.15, 0.2) is 47.5 Å². The second-order valence-corrected chi connectivity index (χ2v) is 6.72. The summed E-state index contributed by atoms with van der Waals surface area (Å²) in [5.74, 6) is 0.663. The van der Waals surface area contributed by atoms with Gasteiger partial charge in [0.2, 0.25) is 0 Å². The van der Waals surface area contributed by atoms with Crippen molar-refractivity contribution >= 4 is 33.9 Å². The lowest BCUT2D eigenvalue weighted by molar-refractivity contribution is -0.384. The van der Waals surface area contributed by atoms with E-state index in [2.05, 4.69) is 9.97 Å². The number of nitro groups is 1. The summed E-state index contributed by atoms with van der Waals surface area (Å²) in [4.78, 5) is 31.4. The first-order valence-electron chi connectivity index (χ1n) is 8.34. The molecule has 1 fully saturated rings. The summed E-state index contributed by atoms with van der Waals surface area (Å²) in [7, 11) is 0. The van der Waals surface area contributed by atoms with Crippen LogP contribution in [0.2, 0.25) is 5.02 Å². The predicted octanol–water partition coefficient (Wildman–Crippen LogP) is 3.14. The lowest BCUT2D eigenvalue weighted by atomic mass is 10.1. The van der Waals surface area contributed by atoms with Crippen molar-refractivity contribution in [3.63, 3.8) is 0 Å². The first kappa shape index (κ1) is 17.3. The molecule has 0 bridgehead atoms. The number of halogens is 1. The summed E-state index contributed by atoms with van der Waals surface area (Å²) in [6.45, 7) is 1.09. The minimum atomic E-state index is -0.480. The Hall–Kier alpha value is -3.13. The first-order chi connectivity index (χ1) is 13.0. The molecule has 4 rings (SSSR count). The van der Waals surface area contributed by atoms with Gasteiger partial charge in [-0.25, -0.2) is 4.98 Å². The van der Waals surface area contributed by atoms with E-state index in [-0.39, 0.29) is 17.2 Å². The fraction of sp³-hybridized carbons (Fsp3) is 0.222. The Balaban J connectivity index is 1.63. The number of hydrogen-bond donors (Lipinski definition) is 1. The molecule has 1 atom stereocenters. The van der Waals surface area contributed by atoms with Crippen molar-refractivity contribution in [1.82, 2.24) is 9.97 Å². The zero-order valence-corrected chi connectivity index (χ0v) is 14.8. The number of nitrogens with one attached hydrogen (secondary N) is 1. The zero-order chi connectivity index (χ0) is 19.0. The molecular formula is C18H15ClN4O4. The Kier molecular flexibility index (Phi) is 4.41. The minimum Gasteiger partial charge on any atom is -0.488 e. The molecule has 9 heteroatoms. The Morgan fingerprint density at radius 3 is 2.96 bits per heavy atom. The van der Waals surface area contributed by atoms with Gasteiger partial charge in [0, 0.05) is 24.1 Å². The SMILES string of the molecule is O=c1[nH]cnc2cc(N3CCC(Oc4cccc(Cl)c4)C3)c([N+](=O)[O-])cc12. The molecule has 1 N–H and O–H groups in total. The van der Waals surface area contributed by atoms with E-state index in [0.29, 0.717) is 41.5 Å². The third kappa shape index (κ3) is 3.43. The molecule has 2 aromatic carbocycles. The predicted molar refractivity (Wildman–Crippen MR) is 102 cm³/mol. The van der Waals surface area contributed by atoms with Crippen LogP contribution in [0, 0.1) is 10.1 Å². The summed E-state index contributed by atoms with van der Waals surface area (Å²) in [6.07, 6.45) is 1.88. The maximum absolute atomic E-state index is 11.9. The lowest BCUT2D eigenvalue weighted by Crippen LogP contribution is -2.25. The number of ether oxygens (including phenoxy) is 1. The number of aromatic nitrogens is 2. The molecule has 0 aliphatic carbocycles. The number of aromatic amines is 1. The van der Waals surface area contributed by atoms with Crippen LogP contribution < -0.4 is 15.2 Å². The van der Waals surface area contributed by atoms with E-state index >= 15 is 0 Å². The van der Waals surface area contributed by atoms with E-state index in [9.17, 15) is 14.9 Å². The van der Waals surface area contributed by atoms with Crippen LogP contribution in [0.5, 0.6) is 5.75 Å². The van der Waals surface area contributed by atoms with Crippen LogP contribution >= 0.6 is 11.6 Å². The molecule has 2 heterocycles. The van der Waals surface area contributed by atoms with Gasteiger partial charge in [0.05, 0.1) is 28.7 Å². The van der Waals surface area contributed by atoms with E-state index in [0.717, 1.165) is 0 Å². The molecule has 0 saturated carbocycles. The summed E-state index contributed by atoms with van der Waals surface area (Å²) < 4.78 is 5.95. The highest BCUT2D eigenvalue weighted by atomic mass is 35.5. The lowest BCUT2D eigenvalue weighted by Gasteiger charge is -2.19. The summed E-state index contributed by atoms with van der Waals surface area (Å²) in [6, 6.07) is 10.00. The van der Waals surface area contributed by atoms with Crippen molar-refractivity contribution in [2.45, 2.75) is 12.5 Å². The molecule has 1 unspecified atom stereocenters. The van der Waals surface area contributed by atoms with Crippen LogP contribution in [0.3, 0.4) is 0 Å². The van der Waals surface area contributed by atoms with E-state index in [1.165, 1.54) is 12.4 Å². The molecule has 0 spiro atoms. The van der Waals surface area contributed by atoms with Crippen molar-refractivity contribution in [2.24, 2.45) is 0 Å². The molecule has 0 amide bonds. The van der Waals surface area contributed by atoms with Gasteiger partial charge in [-0.15, -0.1) is 0 Å². The Labute approximate surface area is 158 Å². The van der Waals surface area contributed by atoms with Gasteiger partial charge in [-0.05, 0) is 24.3 Å². The quantitative estimate of drug-likeness (QED) is 0.546. The number of rotatable bonds is 4. The second kappa shape index (κ2) is 6.88. The van der Waals surface area contributed by atoms with E-state index in [4.69, 9.17) is 16.3 Å². The maximum Gasteiger partial charge on any atom is 0.293 e. The molecule has 3 aromatic rings. The van der Waals surface area contributed by atoms with Crippen molar-refractivity contribution < 1.29 is 9.66 Å². The molecule has 0 radical (unpaired) electrons. The van der Waals surface area contributed by atoms with Gasteiger partial charge in [0.15, 0.2) is 0 Å². The van der Waals surface area contributed by atoms with Gasteiger partial charge < -0.3 is 14.6 Å². The topological polar surface area (TPSA) is 101 Å². The van der Waals surface area contributed by atoms with Crippen LogP contribution in [0.25, 0.3) is 10.9 Å². The van der Waals surface area contributed by atoms with E-state index in [1.54, 1.807) is 18.2 Å². The average Bonchev–Trinajstić information content (AvgIpc) is 3.09. The van der Waals surface area contributed by atoms with Crippen LogP contribution in [0.1, 0.15) is 6.42 Å². The monoisotopic (exact) mass is 386 g/mol. The van der Waals surface area contributed by atoms with E-state index < -0.39 is 10.5 Å². The molecule has 1 aliphatic heterocycles. The third-order valence-electron chi connectivity index (χ3n) is 4.52. The van der Waals surface area contributed by atoms with Gasteiger partial charge in [-0.3, -0.25) is 14.9 Å². The number of H-pyrrole nitrogens is 1. The fourth-order valence-electron chi connectivity index (χ4n) is 3.27. The maximum atomic E-state index is 11.9. The number of anilines is 1. The summed E-state index contributed by atoms with van der Waals surface area (Å²) in [5.41, 5.74) is 0.323. The van der Waals surface area contributed by atoms with Gasteiger partial charge in [0.1, 0.15) is 17.5 Å². The van der Waals surface area contributed by atoms with Crippen molar-refractivity contribution in [2.75, 3.05) is 18.0 Å². The van der Waals surface area contributed by atoms with Gasteiger partial charge in [-0.2, -0.15) is 0 Å². The minimum absolute atomic E-state index is 0.120. The number of nitro benzene ring substituents is 1. The Morgan fingerprint density at radius 2 is 2.19 bits per heavy atom. The highest BCUT2D eigenvalue weighted by Crippen LogP contribution is 2.34. The van der Waals surface area contributed by atoms with Crippen LogP contribution in [-0.2, 0) is 0 Å². The third-order valence-corrected chi connectivity index (χ3v) is 4.75. The van der Waals surface area contributed by atoms with Gasteiger partial charge >= 0.3 is 0 Å². The number of fused-ring (bicyclic) bond motifs is 1. The van der Waals surface area contributed by atoms with E-state index in [1.807, 2.05) is 17.0 Å². The van der Waals surface area contributed by atoms with Crippen LogP contribution in [-0.4, -0.2) is 34.1 Å². The van der Waals surface area contributed by atoms with Crippen LogP contribution in [0.4, 0.5) is 11.4 Å². The van der Waals surface area contributed by atoms with Crippen molar-refractivity contribution in [1.29, 1.82) is 0 Å². The van der Waals surface area contributed by atoms with Crippen molar-refractivity contribution in [3.05, 3.63) is 68.2 Å². The highest BCUT2D eigenvalue weighted by Gasteiger charge is 2.29. The number of benzene rings is 2. The first-order valence-corrected chi connectivity index (χ1v) is 8.72. The smallest absolute Gasteiger partial charge is 0.293 e. The summed E-state index contributed by atoms with van der Waals surface area (Å²) >= 11 is 5.98. The number of hydrogen-bond acceptors (Lipinski definition) is 6. The fourth-order valence-corrected chi connectivity index (χ4v) is 3.45. The summed E-state index contributed by atoms with van der Waals surface area (Å²) in [5, 5.41) is 12.3. The number of nitrogens with zero attached hydrogens (tertiary/aromatic N) is 3. The Morgan fingerprint density at radius 1 is 1.33 bits per heavy atom. The molecule has 138 valence electrons. The highest BCUT2D eigenvalue weighted by molar-refractivity contribution is 6.30. The largest absolute Gasteiger partial charge is 0.488 e. The van der Waals surface area contributed by atoms with Crippen molar-refractivity contribution in [3.8, 4) is 5.75 Å². The van der Waals surface area contributed by atoms with Gasteiger partial charge in [0.25, 0.3) is 11.2 Å². The standard InChI is InChI=1S/C18H15ClN4O4/c19-11-2-1-3-12(6-11)27-13-4-5-22(9-13)16-8-15-14(7-17(16)23(25)26)18(24)21-10-20-15/h1-3,6-8,10,13H,4-5,9H2,(H,20,21,24). The molecule has 1 aromatic heterocycles. The average molecular weight is 387 g/mol. The molecule has 1 saturated heterocycles. The molecular weight excluding hydrogens is 372 g/mol. The normalized spacial score (nSPS) is 16.6. The Bertz CT molecular complexity index is 1080. The second-order valence-electron chi connectivity index (χ2n) is 6.28. The zero-order valence-electron chi connectivity index (χ0n) is 14.1. The molecule has 8 nitrogen and oxygen atoms in total. The molecule has 1 aliphatic rings. The molecule has 27 heavy (non-hydrogen) atoms. The van der Waals surface area contributed by atoms with Gasteiger partial charge in [-0.1, -0.05) is 17.7 Å².